The van der Waals surface area contributed by atoms with Crippen LogP contribution < -0.4 is 0 Å². The Labute approximate surface area is 120 Å². The Morgan fingerprint density at radius 1 is 1.17 bits per heavy atom. The highest BCUT2D eigenvalue weighted by Crippen LogP contribution is 2.39. The van der Waals surface area contributed by atoms with E-state index >= 15 is 0 Å². The summed E-state index contributed by atoms with van der Waals surface area (Å²) in [5, 5.41) is 10.4. The van der Waals surface area contributed by atoms with Gasteiger partial charge in [-0.3, -0.25) is 0 Å². The molecular formula is C14H15ClOS2. The predicted molar refractivity (Wildman–Crippen MR) is 79.1 cm³/mol. The topological polar surface area (TPSA) is 20.2 Å². The highest BCUT2D eigenvalue weighted by Gasteiger charge is 2.20. The van der Waals surface area contributed by atoms with Crippen LogP contribution in [0, 0.1) is 6.92 Å². The van der Waals surface area contributed by atoms with E-state index in [1.807, 2.05) is 13.0 Å². The largest absolute Gasteiger partial charge is 0.382 e. The van der Waals surface area contributed by atoms with Gasteiger partial charge >= 0.3 is 0 Å². The monoisotopic (exact) mass is 298 g/mol. The number of fused-ring (bicyclic) bond motifs is 1. The van der Waals surface area contributed by atoms with Crippen LogP contribution in [0.3, 0.4) is 0 Å². The Morgan fingerprint density at radius 2 is 1.89 bits per heavy atom. The molecule has 0 bridgehead atoms. The van der Waals surface area contributed by atoms with Gasteiger partial charge in [-0.05, 0) is 55.9 Å². The molecule has 0 amide bonds. The summed E-state index contributed by atoms with van der Waals surface area (Å²) in [7, 11) is 0. The molecule has 3 rings (SSSR count). The van der Waals surface area contributed by atoms with Gasteiger partial charge in [-0.15, -0.1) is 22.7 Å². The van der Waals surface area contributed by atoms with Crippen LogP contribution >= 0.6 is 34.3 Å². The Kier molecular flexibility index (Phi) is 3.50. The molecule has 0 aliphatic heterocycles. The third-order valence-electron chi connectivity index (χ3n) is 3.43. The van der Waals surface area contributed by atoms with E-state index in [-0.39, 0.29) is 0 Å². The van der Waals surface area contributed by atoms with Crippen molar-refractivity contribution in [2.75, 3.05) is 0 Å². The molecule has 0 fully saturated rings. The number of aryl methyl sites for hydroxylation is 3. The molecule has 0 aromatic carbocycles. The number of aliphatic hydroxyl groups is 1. The second-order valence-electron chi connectivity index (χ2n) is 4.81. The van der Waals surface area contributed by atoms with Crippen LogP contribution in [0.25, 0.3) is 0 Å². The Morgan fingerprint density at radius 3 is 2.56 bits per heavy atom. The molecular weight excluding hydrogens is 284 g/mol. The number of rotatable bonds is 2. The predicted octanol–water partition coefficient (Wildman–Crippen LogP) is 4.73. The maximum atomic E-state index is 10.4. The number of hydrogen-bond acceptors (Lipinski definition) is 3. The summed E-state index contributed by atoms with van der Waals surface area (Å²) in [6.45, 7) is 1.98. The van der Waals surface area contributed by atoms with E-state index in [9.17, 15) is 5.11 Å². The van der Waals surface area contributed by atoms with E-state index in [4.69, 9.17) is 11.6 Å². The van der Waals surface area contributed by atoms with Crippen molar-refractivity contribution in [3.05, 3.63) is 42.2 Å². The quantitative estimate of drug-likeness (QED) is 0.849. The molecule has 1 unspecified atom stereocenters. The molecule has 1 aliphatic rings. The Hall–Kier alpha value is -0.350. The molecule has 1 atom stereocenters. The first-order valence-electron chi connectivity index (χ1n) is 6.20. The van der Waals surface area contributed by atoms with Gasteiger partial charge in [-0.25, -0.2) is 0 Å². The van der Waals surface area contributed by atoms with Crippen LogP contribution in [0.5, 0.6) is 0 Å². The molecule has 0 radical (unpaired) electrons. The van der Waals surface area contributed by atoms with Crippen molar-refractivity contribution in [1.82, 2.24) is 0 Å². The van der Waals surface area contributed by atoms with Crippen LogP contribution in [0.15, 0.2) is 12.1 Å². The summed E-state index contributed by atoms with van der Waals surface area (Å²) in [6.07, 6.45) is 4.41. The molecule has 96 valence electrons. The molecule has 4 heteroatoms. The first-order chi connectivity index (χ1) is 8.65. The van der Waals surface area contributed by atoms with Crippen LogP contribution in [0.1, 0.15) is 44.7 Å². The van der Waals surface area contributed by atoms with Crippen molar-refractivity contribution >= 4 is 34.3 Å². The lowest BCUT2D eigenvalue weighted by Gasteiger charge is -2.08. The highest BCUT2D eigenvalue weighted by atomic mass is 35.5. The van der Waals surface area contributed by atoms with Crippen LogP contribution in [0.4, 0.5) is 0 Å². The molecule has 18 heavy (non-hydrogen) atoms. The fourth-order valence-corrected chi connectivity index (χ4v) is 4.97. The molecule has 1 aliphatic carbocycles. The number of halogens is 1. The summed E-state index contributed by atoms with van der Waals surface area (Å²) in [4.78, 5) is 3.49. The highest BCUT2D eigenvalue weighted by molar-refractivity contribution is 7.17. The summed E-state index contributed by atoms with van der Waals surface area (Å²) < 4.78 is 0.783. The SMILES string of the molecule is Cc1cc(C(O)c2cc3c(s2)CCCC3)sc1Cl. The van der Waals surface area contributed by atoms with Crippen LogP contribution in [0.2, 0.25) is 4.34 Å². The minimum Gasteiger partial charge on any atom is -0.382 e. The van der Waals surface area contributed by atoms with E-state index < -0.39 is 6.10 Å². The molecule has 1 nitrogen and oxygen atoms in total. The Bertz CT molecular complexity index is 527. The van der Waals surface area contributed by atoms with Gasteiger partial charge in [0.2, 0.25) is 0 Å². The van der Waals surface area contributed by atoms with Crippen LogP contribution in [-0.2, 0) is 12.8 Å². The van der Waals surface area contributed by atoms with Crippen molar-refractivity contribution < 1.29 is 5.11 Å². The zero-order valence-electron chi connectivity index (χ0n) is 10.2. The lowest BCUT2D eigenvalue weighted by atomic mass is 9.99. The van der Waals surface area contributed by atoms with E-state index in [1.165, 1.54) is 47.5 Å². The number of aliphatic hydroxyl groups excluding tert-OH is 1. The molecule has 0 saturated heterocycles. The normalized spacial score (nSPS) is 16.6. The zero-order valence-corrected chi connectivity index (χ0v) is 12.6. The maximum absolute atomic E-state index is 10.4. The number of thiophene rings is 2. The second-order valence-corrected chi connectivity index (χ2v) is 7.67. The second kappa shape index (κ2) is 4.97. The standard InChI is InChI=1S/C14H15ClOS2/c1-8-6-11(18-14(8)15)13(16)12-7-9-4-2-3-5-10(9)17-12/h6-7,13,16H,2-5H2,1H3. The molecule has 1 N–H and O–H groups in total. The lowest BCUT2D eigenvalue weighted by molar-refractivity contribution is 0.228. The van der Waals surface area contributed by atoms with Crippen molar-refractivity contribution in [1.29, 1.82) is 0 Å². The van der Waals surface area contributed by atoms with Gasteiger partial charge in [0, 0.05) is 14.6 Å². The lowest BCUT2D eigenvalue weighted by Crippen LogP contribution is -1.96. The van der Waals surface area contributed by atoms with Crippen LogP contribution in [-0.4, -0.2) is 5.11 Å². The van der Waals surface area contributed by atoms with Gasteiger partial charge < -0.3 is 5.11 Å². The molecule has 2 heterocycles. The average molecular weight is 299 g/mol. The minimum absolute atomic E-state index is 0.503. The molecule has 0 spiro atoms. The minimum atomic E-state index is -0.503. The maximum Gasteiger partial charge on any atom is 0.122 e. The molecule has 2 aromatic heterocycles. The van der Waals surface area contributed by atoms with Gasteiger partial charge in [0.05, 0.1) is 4.34 Å². The van der Waals surface area contributed by atoms with Gasteiger partial charge in [0.15, 0.2) is 0 Å². The van der Waals surface area contributed by atoms with Gasteiger partial charge in [-0.2, -0.15) is 0 Å². The van der Waals surface area contributed by atoms with Gasteiger partial charge in [-0.1, -0.05) is 11.6 Å². The van der Waals surface area contributed by atoms with E-state index in [0.29, 0.717) is 0 Å². The summed E-state index contributed by atoms with van der Waals surface area (Å²) >= 11 is 9.33. The zero-order chi connectivity index (χ0) is 12.7. The summed E-state index contributed by atoms with van der Waals surface area (Å²) in [5.74, 6) is 0. The Balaban J connectivity index is 1.92. The average Bonchev–Trinajstić information content (AvgIpc) is 2.93. The fraction of sp³-hybridized carbons (Fsp3) is 0.429. The van der Waals surface area contributed by atoms with Gasteiger partial charge in [0.1, 0.15) is 6.10 Å². The fourth-order valence-electron chi connectivity index (χ4n) is 2.41. The van der Waals surface area contributed by atoms with E-state index in [2.05, 4.69) is 6.07 Å². The van der Waals surface area contributed by atoms with Crippen molar-refractivity contribution in [3.8, 4) is 0 Å². The third kappa shape index (κ3) is 2.25. The molecule has 0 saturated carbocycles. The third-order valence-corrected chi connectivity index (χ3v) is 6.33. The summed E-state index contributed by atoms with van der Waals surface area (Å²) in [5.41, 5.74) is 2.50. The van der Waals surface area contributed by atoms with Gasteiger partial charge in [0.25, 0.3) is 0 Å². The first-order valence-corrected chi connectivity index (χ1v) is 8.21. The van der Waals surface area contributed by atoms with Crippen molar-refractivity contribution in [3.63, 3.8) is 0 Å². The van der Waals surface area contributed by atoms with Crippen molar-refractivity contribution in [2.24, 2.45) is 0 Å². The first kappa shape index (κ1) is 12.7. The summed E-state index contributed by atoms with van der Waals surface area (Å²) in [6, 6.07) is 4.18. The van der Waals surface area contributed by atoms with E-state index in [0.717, 1.165) is 19.7 Å². The molecule has 2 aromatic rings. The van der Waals surface area contributed by atoms with E-state index in [1.54, 1.807) is 11.3 Å². The van der Waals surface area contributed by atoms with Crippen molar-refractivity contribution in [2.45, 2.75) is 38.7 Å². The smallest absolute Gasteiger partial charge is 0.122 e. The number of hydrogen-bond donors (Lipinski definition) is 1.